The molecule has 5 nitrogen and oxygen atoms in total. The van der Waals surface area contributed by atoms with Crippen LogP contribution in [-0.2, 0) is 9.59 Å². The molecule has 0 aliphatic heterocycles. The van der Waals surface area contributed by atoms with Gasteiger partial charge >= 0.3 is 0 Å². The maximum Gasteiger partial charge on any atom is 0.240 e. The predicted molar refractivity (Wildman–Crippen MR) is 54.9 cm³/mol. The van der Waals surface area contributed by atoms with Crippen LogP contribution >= 0.6 is 0 Å². The first kappa shape index (κ1) is 10.4. The number of hydrogen-bond donors (Lipinski definition) is 3. The standard InChI is InChI=1S/C10H17N3O2/c11-10(4-1-5-10)9(15)12-6-8(14)13-7-2-3-7/h7H,1-6,11H2,(H,12,15)(H,13,14). The number of carbonyl (C=O) groups is 2. The Hall–Kier alpha value is -1.10. The molecule has 0 aromatic carbocycles. The molecule has 0 saturated heterocycles. The van der Waals surface area contributed by atoms with E-state index in [4.69, 9.17) is 5.73 Å². The van der Waals surface area contributed by atoms with Gasteiger partial charge in [-0.1, -0.05) is 0 Å². The summed E-state index contributed by atoms with van der Waals surface area (Å²) in [5.74, 6) is -0.312. The third kappa shape index (κ3) is 2.47. The Balaban J connectivity index is 1.67. The van der Waals surface area contributed by atoms with Crippen molar-refractivity contribution in [1.82, 2.24) is 10.6 Å². The molecule has 2 rings (SSSR count). The second-order valence-electron chi connectivity index (χ2n) is 4.53. The Bertz CT molecular complexity index is 282. The molecule has 0 bridgehead atoms. The largest absolute Gasteiger partial charge is 0.352 e. The Labute approximate surface area is 88.8 Å². The lowest BCUT2D eigenvalue weighted by Crippen LogP contribution is -2.59. The van der Waals surface area contributed by atoms with Gasteiger partial charge in [-0.05, 0) is 32.1 Å². The second-order valence-corrected chi connectivity index (χ2v) is 4.53. The highest BCUT2D eigenvalue weighted by molar-refractivity contribution is 5.90. The number of hydrogen-bond acceptors (Lipinski definition) is 3. The molecule has 2 aliphatic carbocycles. The highest BCUT2D eigenvalue weighted by atomic mass is 16.2. The van der Waals surface area contributed by atoms with Gasteiger partial charge in [-0.15, -0.1) is 0 Å². The van der Waals surface area contributed by atoms with E-state index in [1.54, 1.807) is 0 Å². The summed E-state index contributed by atoms with van der Waals surface area (Å²) in [6.45, 7) is 0.0499. The SMILES string of the molecule is NC1(C(=O)NCC(=O)NC2CC2)CCC1. The normalized spacial score (nSPS) is 22.7. The number of nitrogens with one attached hydrogen (secondary N) is 2. The molecule has 0 spiro atoms. The maximum absolute atomic E-state index is 11.5. The lowest BCUT2D eigenvalue weighted by molar-refractivity contribution is -0.131. The molecule has 0 unspecified atom stereocenters. The second kappa shape index (κ2) is 3.81. The average molecular weight is 211 g/mol. The van der Waals surface area contributed by atoms with Crippen molar-refractivity contribution in [2.24, 2.45) is 5.73 Å². The van der Waals surface area contributed by atoms with Crippen molar-refractivity contribution in [2.45, 2.75) is 43.7 Å². The van der Waals surface area contributed by atoms with E-state index in [1.165, 1.54) is 0 Å². The Morgan fingerprint density at radius 3 is 2.47 bits per heavy atom. The van der Waals surface area contributed by atoms with Crippen molar-refractivity contribution in [2.75, 3.05) is 6.54 Å². The van der Waals surface area contributed by atoms with Crippen LogP contribution in [0.25, 0.3) is 0 Å². The topological polar surface area (TPSA) is 84.2 Å². The fourth-order valence-corrected chi connectivity index (χ4v) is 1.63. The molecule has 2 amide bonds. The predicted octanol–water partition coefficient (Wildman–Crippen LogP) is -0.737. The quantitative estimate of drug-likeness (QED) is 0.573. The fraction of sp³-hybridized carbons (Fsp3) is 0.800. The van der Waals surface area contributed by atoms with Crippen molar-refractivity contribution >= 4 is 11.8 Å². The molecule has 15 heavy (non-hydrogen) atoms. The van der Waals surface area contributed by atoms with Crippen LogP contribution < -0.4 is 16.4 Å². The van der Waals surface area contributed by atoms with Gasteiger partial charge in [-0.2, -0.15) is 0 Å². The molecule has 0 atom stereocenters. The highest BCUT2D eigenvalue weighted by Gasteiger charge is 2.40. The molecule has 0 heterocycles. The van der Waals surface area contributed by atoms with Gasteiger partial charge in [0.15, 0.2) is 0 Å². The monoisotopic (exact) mass is 211 g/mol. The van der Waals surface area contributed by atoms with Crippen molar-refractivity contribution in [3.63, 3.8) is 0 Å². The van der Waals surface area contributed by atoms with Crippen LogP contribution in [0.4, 0.5) is 0 Å². The van der Waals surface area contributed by atoms with Crippen LogP contribution in [-0.4, -0.2) is 29.9 Å². The van der Waals surface area contributed by atoms with Gasteiger partial charge in [0.05, 0.1) is 12.1 Å². The average Bonchev–Trinajstić information content (AvgIpc) is 2.94. The molecular weight excluding hydrogens is 194 g/mol. The van der Waals surface area contributed by atoms with Gasteiger partial charge in [0.2, 0.25) is 11.8 Å². The van der Waals surface area contributed by atoms with Gasteiger partial charge in [-0.25, -0.2) is 0 Å². The van der Waals surface area contributed by atoms with E-state index in [2.05, 4.69) is 10.6 Å². The summed E-state index contributed by atoms with van der Waals surface area (Å²) >= 11 is 0. The smallest absolute Gasteiger partial charge is 0.240 e. The first-order chi connectivity index (χ1) is 7.10. The van der Waals surface area contributed by atoms with E-state index in [1.807, 2.05) is 0 Å². The van der Waals surface area contributed by atoms with Crippen LogP contribution in [0.2, 0.25) is 0 Å². The van der Waals surface area contributed by atoms with E-state index in [0.29, 0.717) is 6.04 Å². The molecule has 0 aromatic heterocycles. The van der Waals surface area contributed by atoms with Gasteiger partial charge in [0.1, 0.15) is 0 Å². The lowest BCUT2D eigenvalue weighted by Gasteiger charge is -2.36. The van der Waals surface area contributed by atoms with Crippen molar-refractivity contribution in [3.8, 4) is 0 Å². The summed E-state index contributed by atoms with van der Waals surface area (Å²) < 4.78 is 0. The van der Waals surface area contributed by atoms with E-state index in [9.17, 15) is 9.59 Å². The summed E-state index contributed by atoms with van der Waals surface area (Å²) in [6.07, 6.45) is 4.56. The molecule has 84 valence electrons. The van der Waals surface area contributed by atoms with Gasteiger partial charge in [-0.3, -0.25) is 9.59 Å². The summed E-state index contributed by atoms with van der Waals surface area (Å²) in [7, 11) is 0. The minimum Gasteiger partial charge on any atom is -0.352 e. The third-order valence-corrected chi connectivity index (χ3v) is 3.05. The summed E-state index contributed by atoms with van der Waals surface area (Å²) in [5, 5.41) is 5.38. The number of carbonyl (C=O) groups excluding carboxylic acids is 2. The number of nitrogens with two attached hydrogens (primary N) is 1. The van der Waals surface area contributed by atoms with Crippen LogP contribution in [0.5, 0.6) is 0 Å². The van der Waals surface area contributed by atoms with Crippen LogP contribution in [0.1, 0.15) is 32.1 Å². The van der Waals surface area contributed by atoms with E-state index in [0.717, 1.165) is 32.1 Å². The van der Waals surface area contributed by atoms with Gasteiger partial charge < -0.3 is 16.4 Å². The van der Waals surface area contributed by atoms with Crippen molar-refractivity contribution in [1.29, 1.82) is 0 Å². The first-order valence-corrected chi connectivity index (χ1v) is 5.47. The van der Waals surface area contributed by atoms with Crippen LogP contribution in [0, 0.1) is 0 Å². The molecule has 2 fully saturated rings. The molecule has 0 aromatic rings. The molecule has 5 heteroatoms. The Morgan fingerprint density at radius 1 is 1.33 bits per heavy atom. The van der Waals surface area contributed by atoms with Gasteiger partial charge in [0.25, 0.3) is 0 Å². The molecule has 4 N–H and O–H groups in total. The van der Waals surface area contributed by atoms with Gasteiger partial charge in [0, 0.05) is 6.04 Å². The van der Waals surface area contributed by atoms with Crippen LogP contribution in [0.3, 0.4) is 0 Å². The fourth-order valence-electron chi connectivity index (χ4n) is 1.63. The highest BCUT2D eigenvalue weighted by Crippen LogP contribution is 2.28. The van der Waals surface area contributed by atoms with Crippen molar-refractivity contribution < 1.29 is 9.59 Å². The minimum absolute atomic E-state index is 0.0499. The Morgan fingerprint density at radius 2 is 2.00 bits per heavy atom. The summed E-state index contributed by atoms with van der Waals surface area (Å²) in [5.41, 5.74) is 5.09. The molecule has 2 aliphatic rings. The maximum atomic E-state index is 11.5. The van der Waals surface area contributed by atoms with E-state index in [-0.39, 0.29) is 18.4 Å². The Kier molecular flexibility index (Phi) is 2.65. The van der Waals surface area contributed by atoms with E-state index < -0.39 is 5.54 Å². The molecule has 0 radical (unpaired) electrons. The molecule has 2 saturated carbocycles. The summed E-state index contributed by atoms with van der Waals surface area (Å²) in [6, 6.07) is 0.338. The zero-order valence-corrected chi connectivity index (χ0v) is 8.71. The van der Waals surface area contributed by atoms with E-state index >= 15 is 0 Å². The number of rotatable bonds is 4. The first-order valence-electron chi connectivity index (χ1n) is 5.47. The summed E-state index contributed by atoms with van der Waals surface area (Å²) in [4.78, 5) is 22.8. The van der Waals surface area contributed by atoms with Crippen LogP contribution in [0.15, 0.2) is 0 Å². The minimum atomic E-state index is -0.708. The zero-order chi connectivity index (χ0) is 10.9. The lowest BCUT2D eigenvalue weighted by atomic mass is 9.77. The number of amides is 2. The van der Waals surface area contributed by atoms with Crippen molar-refractivity contribution in [3.05, 3.63) is 0 Å². The third-order valence-electron chi connectivity index (χ3n) is 3.05. The molecular formula is C10H17N3O2. The zero-order valence-electron chi connectivity index (χ0n) is 8.71.